The quantitative estimate of drug-likeness (QED) is 0.175. The Balaban J connectivity index is 1.46. The van der Waals surface area contributed by atoms with Gasteiger partial charge in [-0.1, -0.05) is 37.4 Å². The predicted molar refractivity (Wildman–Crippen MR) is 133 cm³/mol. The standard InChI is InChI=1S/C29H22O5/c1-4-28(30)33-25-12-8-21(9-13-25)27-16-15-24(32-27)11-6-20-5-7-23-18-26(14-10-22(23)17-20)34-29(31)19(2)3/h4-18H,1-2H2,3H3/b11-6+. The molecular formula is C29H22O5. The molecule has 34 heavy (non-hydrogen) atoms. The van der Waals surface area contributed by atoms with Crippen LogP contribution in [0.2, 0.25) is 0 Å². The molecule has 0 aliphatic carbocycles. The topological polar surface area (TPSA) is 65.7 Å². The molecule has 0 aliphatic heterocycles. The lowest BCUT2D eigenvalue weighted by Crippen LogP contribution is -2.07. The zero-order valence-electron chi connectivity index (χ0n) is 18.6. The van der Waals surface area contributed by atoms with Gasteiger partial charge < -0.3 is 13.9 Å². The summed E-state index contributed by atoms with van der Waals surface area (Å²) >= 11 is 0. The highest BCUT2D eigenvalue weighted by Gasteiger charge is 2.07. The molecule has 0 spiro atoms. The largest absolute Gasteiger partial charge is 0.457 e. The van der Waals surface area contributed by atoms with Crippen molar-refractivity contribution in [2.45, 2.75) is 6.92 Å². The van der Waals surface area contributed by atoms with E-state index in [1.165, 1.54) is 0 Å². The lowest BCUT2D eigenvalue weighted by Gasteiger charge is -2.06. The fourth-order valence-corrected chi connectivity index (χ4v) is 3.22. The fraction of sp³-hybridized carbons (Fsp3) is 0.0345. The molecular weight excluding hydrogens is 428 g/mol. The van der Waals surface area contributed by atoms with Crippen molar-refractivity contribution >= 4 is 34.9 Å². The molecule has 168 valence electrons. The summed E-state index contributed by atoms with van der Waals surface area (Å²) in [7, 11) is 0. The van der Waals surface area contributed by atoms with Gasteiger partial charge in [0, 0.05) is 17.2 Å². The van der Waals surface area contributed by atoms with Crippen LogP contribution < -0.4 is 9.47 Å². The Morgan fingerprint density at radius 3 is 2.26 bits per heavy atom. The van der Waals surface area contributed by atoms with Crippen LogP contribution in [-0.4, -0.2) is 11.9 Å². The summed E-state index contributed by atoms with van der Waals surface area (Å²) in [6.45, 7) is 8.59. The maximum atomic E-state index is 11.7. The van der Waals surface area contributed by atoms with Gasteiger partial charge in [0.1, 0.15) is 23.0 Å². The van der Waals surface area contributed by atoms with E-state index in [2.05, 4.69) is 13.2 Å². The minimum Gasteiger partial charge on any atom is -0.457 e. The molecule has 4 aromatic rings. The number of hydrogen-bond acceptors (Lipinski definition) is 5. The van der Waals surface area contributed by atoms with Gasteiger partial charge in [-0.05, 0) is 83.9 Å². The van der Waals surface area contributed by atoms with E-state index in [1.54, 1.807) is 25.1 Å². The molecule has 1 aromatic heterocycles. The summed E-state index contributed by atoms with van der Waals surface area (Å²) in [5.74, 6) is 1.40. The van der Waals surface area contributed by atoms with Gasteiger partial charge in [0.05, 0.1) is 0 Å². The molecule has 0 bridgehead atoms. The molecule has 0 N–H and O–H groups in total. The number of rotatable bonds is 7. The van der Waals surface area contributed by atoms with Crippen molar-refractivity contribution in [3.8, 4) is 22.8 Å². The van der Waals surface area contributed by atoms with Crippen molar-refractivity contribution in [1.29, 1.82) is 0 Å². The molecule has 0 saturated heterocycles. The van der Waals surface area contributed by atoms with E-state index in [0.29, 0.717) is 28.6 Å². The minimum absolute atomic E-state index is 0.354. The van der Waals surface area contributed by atoms with Crippen LogP contribution in [0.3, 0.4) is 0 Å². The zero-order valence-corrected chi connectivity index (χ0v) is 18.6. The van der Waals surface area contributed by atoms with Crippen LogP contribution in [0.1, 0.15) is 18.2 Å². The number of esters is 2. The van der Waals surface area contributed by atoms with E-state index in [9.17, 15) is 9.59 Å². The van der Waals surface area contributed by atoms with Gasteiger partial charge in [0.15, 0.2) is 0 Å². The van der Waals surface area contributed by atoms with Crippen molar-refractivity contribution in [1.82, 2.24) is 0 Å². The minimum atomic E-state index is -0.501. The Kier molecular flexibility index (Phi) is 6.55. The molecule has 3 aromatic carbocycles. The van der Waals surface area contributed by atoms with Crippen LogP contribution in [0.15, 0.2) is 102 Å². The van der Waals surface area contributed by atoms with E-state index in [-0.39, 0.29) is 0 Å². The maximum Gasteiger partial charge on any atom is 0.338 e. The molecule has 1 heterocycles. The van der Waals surface area contributed by atoms with Gasteiger partial charge in [-0.25, -0.2) is 9.59 Å². The van der Waals surface area contributed by atoms with Gasteiger partial charge in [0.2, 0.25) is 0 Å². The summed E-state index contributed by atoms with van der Waals surface area (Å²) in [5, 5.41) is 1.99. The highest BCUT2D eigenvalue weighted by atomic mass is 16.5. The Morgan fingerprint density at radius 1 is 0.824 bits per heavy atom. The summed E-state index contributed by atoms with van der Waals surface area (Å²) in [4.78, 5) is 23.0. The predicted octanol–water partition coefficient (Wildman–Crippen LogP) is 6.84. The Hall–Kier alpha value is -4.64. The normalized spacial score (nSPS) is 10.9. The summed E-state index contributed by atoms with van der Waals surface area (Å²) < 4.78 is 16.3. The second-order valence-electron chi connectivity index (χ2n) is 7.62. The number of hydrogen-bond donors (Lipinski definition) is 0. The Labute approximate surface area is 197 Å². The van der Waals surface area contributed by atoms with Crippen LogP contribution in [0.4, 0.5) is 0 Å². The number of benzene rings is 3. The first-order valence-corrected chi connectivity index (χ1v) is 10.6. The third-order valence-electron chi connectivity index (χ3n) is 4.99. The van der Waals surface area contributed by atoms with Gasteiger partial charge in [-0.3, -0.25) is 0 Å². The van der Waals surface area contributed by atoms with Crippen molar-refractivity contribution in [2.24, 2.45) is 0 Å². The molecule has 0 aliphatic rings. The van der Waals surface area contributed by atoms with Crippen molar-refractivity contribution < 1.29 is 23.5 Å². The van der Waals surface area contributed by atoms with Crippen LogP contribution in [0, 0.1) is 0 Å². The Morgan fingerprint density at radius 2 is 1.53 bits per heavy atom. The first kappa shape index (κ1) is 22.6. The second-order valence-corrected chi connectivity index (χ2v) is 7.62. The van der Waals surface area contributed by atoms with E-state index in [4.69, 9.17) is 13.9 Å². The molecule has 0 fully saturated rings. The van der Waals surface area contributed by atoms with Crippen LogP contribution in [-0.2, 0) is 9.59 Å². The van der Waals surface area contributed by atoms with E-state index >= 15 is 0 Å². The molecule has 5 nitrogen and oxygen atoms in total. The van der Waals surface area contributed by atoms with E-state index in [0.717, 1.165) is 28.0 Å². The smallest absolute Gasteiger partial charge is 0.338 e. The number of carbonyl (C=O) groups is 2. The van der Waals surface area contributed by atoms with Crippen LogP contribution in [0.25, 0.3) is 34.2 Å². The van der Waals surface area contributed by atoms with Crippen LogP contribution >= 0.6 is 0 Å². The molecule has 0 unspecified atom stereocenters. The first-order chi connectivity index (χ1) is 16.4. The summed E-state index contributed by atoms with van der Waals surface area (Å²) in [6, 6.07) is 22.3. The highest BCUT2D eigenvalue weighted by Crippen LogP contribution is 2.27. The Bertz CT molecular complexity index is 1420. The molecule has 5 heteroatoms. The lowest BCUT2D eigenvalue weighted by atomic mass is 10.1. The van der Waals surface area contributed by atoms with Crippen LogP contribution in [0.5, 0.6) is 11.5 Å². The zero-order chi connectivity index (χ0) is 24.1. The van der Waals surface area contributed by atoms with Crippen molar-refractivity contribution in [3.63, 3.8) is 0 Å². The van der Waals surface area contributed by atoms with Crippen molar-refractivity contribution in [2.75, 3.05) is 0 Å². The molecule has 0 radical (unpaired) electrons. The van der Waals surface area contributed by atoms with E-state index < -0.39 is 11.9 Å². The SMILES string of the molecule is C=CC(=O)Oc1ccc(-c2ccc(/C=C/c3ccc4cc(OC(=O)C(=C)C)ccc4c3)o2)cc1. The number of carbonyl (C=O) groups excluding carboxylic acids is 2. The summed E-state index contributed by atoms with van der Waals surface area (Å²) in [6.07, 6.45) is 4.98. The summed E-state index contributed by atoms with van der Waals surface area (Å²) in [5.41, 5.74) is 2.23. The van der Waals surface area contributed by atoms with Crippen molar-refractivity contribution in [3.05, 3.63) is 109 Å². The van der Waals surface area contributed by atoms with Gasteiger partial charge >= 0.3 is 11.9 Å². The lowest BCUT2D eigenvalue weighted by molar-refractivity contribution is -0.130. The third kappa shape index (κ3) is 5.40. The average molecular weight is 450 g/mol. The highest BCUT2D eigenvalue weighted by molar-refractivity contribution is 5.91. The monoisotopic (exact) mass is 450 g/mol. The van der Waals surface area contributed by atoms with Gasteiger partial charge in [-0.2, -0.15) is 0 Å². The van der Waals surface area contributed by atoms with Gasteiger partial charge in [0.25, 0.3) is 0 Å². The first-order valence-electron chi connectivity index (χ1n) is 10.6. The molecule has 4 rings (SSSR count). The third-order valence-corrected chi connectivity index (χ3v) is 4.99. The number of ether oxygens (including phenoxy) is 2. The number of fused-ring (bicyclic) bond motifs is 1. The average Bonchev–Trinajstić information content (AvgIpc) is 3.32. The second kappa shape index (κ2) is 9.88. The number of furan rings is 1. The molecule has 0 amide bonds. The maximum absolute atomic E-state index is 11.7. The van der Waals surface area contributed by atoms with Gasteiger partial charge in [-0.15, -0.1) is 0 Å². The fourth-order valence-electron chi connectivity index (χ4n) is 3.22. The molecule has 0 saturated carbocycles. The molecule has 0 atom stereocenters. The van der Waals surface area contributed by atoms with E-state index in [1.807, 2.05) is 66.7 Å².